The molecule has 4 aliphatic carbocycles. The van der Waals surface area contributed by atoms with Crippen LogP contribution in [0.15, 0.2) is 0 Å². The highest BCUT2D eigenvalue weighted by Gasteiger charge is 2.51. The molecule has 2 N–H and O–H groups in total. The van der Waals surface area contributed by atoms with Crippen molar-refractivity contribution in [1.29, 1.82) is 0 Å². The Hall–Kier alpha value is -0.310. The SMILES string of the molecule is CC(C)NC(=S)NC12CC3CC(CC(C3)C1)C2. The van der Waals surface area contributed by atoms with Crippen LogP contribution in [-0.4, -0.2) is 16.7 Å². The smallest absolute Gasteiger partial charge is 0.166 e. The highest BCUT2D eigenvalue weighted by atomic mass is 32.1. The highest BCUT2D eigenvalue weighted by Crippen LogP contribution is 2.55. The zero-order chi connectivity index (χ0) is 12.0. The molecule has 4 rings (SSSR count). The van der Waals surface area contributed by atoms with Gasteiger partial charge in [-0.1, -0.05) is 0 Å². The van der Waals surface area contributed by atoms with Gasteiger partial charge >= 0.3 is 0 Å². The lowest BCUT2D eigenvalue weighted by atomic mass is 9.53. The first-order chi connectivity index (χ1) is 8.05. The zero-order valence-corrected chi connectivity index (χ0v) is 11.8. The summed E-state index contributed by atoms with van der Waals surface area (Å²) in [6, 6.07) is 0.434. The van der Waals surface area contributed by atoms with Gasteiger partial charge in [-0.15, -0.1) is 0 Å². The molecule has 2 nitrogen and oxygen atoms in total. The predicted octanol–water partition coefficient (Wildman–Crippen LogP) is 2.83. The third-order valence-corrected chi connectivity index (χ3v) is 5.06. The summed E-state index contributed by atoms with van der Waals surface area (Å²) >= 11 is 5.44. The minimum absolute atomic E-state index is 0.355. The third-order valence-electron chi connectivity index (χ3n) is 4.84. The average molecular weight is 252 g/mol. The Morgan fingerprint density at radius 1 is 1.06 bits per heavy atom. The van der Waals surface area contributed by atoms with Gasteiger partial charge in [-0.2, -0.15) is 0 Å². The predicted molar refractivity (Wildman–Crippen MR) is 74.9 cm³/mol. The van der Waals surface area contributed by atoms with Crippen molar-refractivity contribution in [3.63, 3.8) is 0 Å². The molecule has 0 aliphatic heterocycles. The van der Waals surface area contributed by atoms with Crippen LogP contribution in [0.3, 0.4) is 0 Å². The molecule has 0 unspecified atom stereocenters. The van der Waals surface area contributed by atoms with E-state index >= 15 is 0 Å². The molecule has 0 aromatic rings. The summed E-state index contributed by atoms with van der Waals surface area (Å²) < 4.78 is 0. The van der Waals surface area contributed by atoms with E-state index < -0.39 is 0 Å². The van der Waals surface area contributed by atoms with E-state index in [1.54, 1.807) is 0 Å². The minimum atomic E-state index is 0.355. The van der Waals surface area contributed by atoms with Crippen LogP contribution < -0.4 is 10.6 Å². The molecule has 0 spiro atoms. The van der Waals surface area contributed by atoms with Crippen LogP contribution in [-0.2, 0) is 0 Å². The molecule has 96 valence electrons. The number of hydrogen-bond donors (Lipinski definition) is 2. The van der Waals surface area contributed by atoms with E-state index in [0.29, 0.717) is 11.6 Å². The minimum Gasteiger partial charge on any atom is -0.361 e. The van der Waals surface area contributed by atoms with Crippen molar-refractivity contribution >= 4 is 17.3 Å². The normalized spacial score (nSPS) is 42.9. The Morgan fingerprint density at radius 3 is 1.94 bits per heavy atom. The molecule has 4 saturated carbocycles. The lowest BCUT2D eigenvalue weighted by Crippen LogP contribution is -2.61. The number of rotatable bonds is 2. The van der Waals surface area contributed by atoms with Gasteiger partial charge in [0.2, 0.25) is 0 Å². The average Bonchev–Trinajstić information content (AvgIpc) is 2.11. The Morgan fingerprint density at radius 2 is 1.53 bits per heavy atom. The molecule has 3 heteroatoms. The fraction of sp³-hybridized carbons (Fsp3) is 0.929. The van der Waals surface area contributed by atoms with Crippen LogP contribution in [0, 0.1) is 17.8 Å². The van der Waals surface area contributed by atoms with Gasteiger partial charge in [0.1, 0.15) is 0 Å². The summed E-state index contributed by atoms with van der Waals surface area (Å²) in [5.41, 5.74) is 0.355. The topological polar surface area (TPSA) is 24.1 Å². The van der Waals surface area contributed by atoms with Gasteiger partial charge in [0.25, 0.3) is 0 Å². The Labute approximate surface area is 110 Å². The quantitative estimate of drug-likeness (QED) is 0.739. The largest absolute Gasteiger partial charge is 0.361 e. The molecule has 0 radical (unpaired) electrons. The molecule has 4 bridgehead atoms. The van der Waals surface area contributed by atoms with Gasteiger partial charge in [0.15, 0.2) is 5.11 Å². The summed E-state index contributed by atoms with van der Waals surface area (Å²) in [5.74, 6) is 2.95. The number of thiocarbonyl (C=S) groups is 1. The first kappa shape index (κ1) is 11.8. The van der Waals surface area contributed by atoms with Crippen molar-refractivity contribution in [2.75, 3.05) is 0 Å². The molecule has 0 heterocycles. The third kappa shape index (κ3) is 2.31. The summed E-state index contributed by atoms with van der Waals surface area (Å²) in [4.78, 5) is 0. The van der Waals surface area contributed by atoms with E-state index in [9.17, 15) is 0 Å². The van der Waals surface area contributed by atoms with Crippen molar-refractivity contribution in [1.82, 2.24) is 10.6 Å². The summed E-state index contributed by atoms with van der Waals surface area (Å²) in [6.45, 7) is 4.29. The Kier molecular flexibility index (Phi) is 2.85. The van der Waals surface area contributed by atoms with E-state index in [1.807, 2.05) is 0 Å². The number of hydrogen-bond acceptors (Lipinski definition) is 1. The maximum absolute atomic E-state index is 5.44. The molecule has 17 heavy (non-hydrogen) atoms. The van der Waals surface area contributed by atoms with Crippen LogP contribution in [0.2, 0.25) is 0 Å². The molecule has 4 aliphatic rings. The van der Waals surface area contributed by atoms with Gasteiger partial charge < -0.3 is 10.6 Å². The zero-order valence-electron chi connectivity index (χ0n) is 11.0. The molecule has 0 aromatic heterocycles. The molecule has 0 aromatic carbocycles. The van der Waals surface area contributed by atoms with Gasteiger partial charge in [-0.3, -0.25) is 0 Å². The van der Waals surface area contributed by atoms with Crippen LogP contribution in [0.5, 0.6) is 0 Å². The van der Waals surface area contributed by atoms with Crippen LogP contribution in [0.25, 0.3) is 0 Å². The van der Waals surface area contributed by atoms with Gasteiger partial charge in [-0.05, 0) is 82.3 Å². The lowest BCUT2D eigenvalue weighted by molar-refractivity contribution is -0.0102. The highest BCUT2D eigenvalue weighted by molar-refractivity contribution is 7.80. The van der Waals surface area contributed by atoms with Crippen molar-refractivity contribution in [2.24, 2.45) is 17.8 Å². The molecule has 4 fully saturated rings. The summed E-state index contributed by atoms with van der Waals surface area (Å²) in [6.07, 6.45) is 8.55. The molecule has 0 amide bonds. The fourth-order valence-electron chi connectivity index (χ4n) is 4.80. The standard InChI is InChI=1S/C14H24N2S/c1-9(2)15-13(17)16-14-6-10-3-11(7-14)5-12(4-10)8-14/h9-12H,3-8H2,1-2H3,(H2,15,16,17). The van der Waals surface area contributed by atoms with E-state index in [0.717, 1.165) is 22.9 Å². The van der Waals surface area contributed by atoms with Crippen molar-refractivity contribution in [3.05, 3.63) is 0 Å². The van der Waals surface area contributed by atoms with Crippen molar-refractivity contribution in [2.45, 2.75) is 64.0 Å². The van der Waals surface area contributed by atoms with Crippen molar-refractivity contribution < 1.29 is 0 Å². The van der Waals surface area contributed by atoms with Crippen LogP contribution in [0.1, 0.15) is 52.4 Å². The molecular weight excluding hydrogens is 228 g/mol. The van der Waals surface area contributed by atoms with E-state index in [1.165, 1.54) is 38.5 Å². The molecule has 0 atom stereocenters. The van der Waals surface area contributed by atoms with Crippen LogP contribution in [0.4, 0.5) is 0 Å². The first-order valence-corrected chi connectivity index (χ1v) is 7.54. The maximum Gasteiger partial charge on any atom is 0.166 e. The summed E-state index contributed by atoms with van der Waals surface area (Å²) in [5, 5.41) is 7.89. The monoisotopic (exact) mass is 252 g/mol. The Balaban J connectivity index is 1.68. The lowest BCUT2D eigenvalue weighted by Gasteiger charge is -2.57. The Bertz CT molecular complexity index is 289. The maximum atomic E-state index is 5.44. The van der Waals surface area contributed by atoms with Crippen LogP contribution >= 0.6 is 12.2 Å². The van der Waals surface area contributed by atoms with E-state index in [-0.39, 0.29) is 0 Å². The van der Waals surface area contributed by atoms with Crippen molar-refractivity contribution in [3.8, 4) is 0 Å². The first-order valence-electron chi connectivity index (χ1n) is 7.13. The fourth-order valence-corrected chi connectivity index (χ4v) is 5.26. The summed E-state index contributed by atoms with van der Waals surface area (Å²) in [7, 11) is 0. The second-order valence-corrected chi connectivity index (χ2v) is 7.36. The number of nitrogens with one attached hydrogen (secondary N) is 2. The van der Waals surface area contributed by atoms with Gasteiger partial charge in [-0.25, -0.2) is 0 Å². The molecule has 0 saturated heterocycles. The molecular formula is C14H24N2S. The van der Waals surface area contributed by atoms with E-state index in [2.05, 4.69) is 24.5 Å². The second kappa shape index (κ2) is 4.11. The van der Waals surface area contributed by atoms with E-state index in [4.69, 9.17) is 12.2 Å². The van der Waals surface area contributed by atoms with Gasteiger partial charge in [0, 0.05) is 11.6 Å². The second-order valence-electron chi connectivity index (χ2n) is 6.95. The van der Waals surface area contributed by atoms with Gasteiger partial charge in [0.05, 0.1) is 0 Å².